The van der Waals surface area contributed by atoms with E-state index in [0.29, 0.717) is 11.0 Å². The molecule has 1 aromatic rings. The van der Waals surface area contributed by atoms with E-state index in [1.54, 1.807) is 0 Å². The van der Waals surface area contributed by atoms with Crippen LogP contribution in [0, 0.1) is 0 Å². The number of hydrogen-bond acceptors (Lipinski definition) is 2. The topological polar surface area (TPSA) is 37.4 Å². The number of nitrogens with zero attached hydrogens (tertiary/aromatic N) is 1. The first-order valence-corrected chi connectivity index (χ1v) is 9.12. The second-order valence-corrected chi connectivity index (χ2v) is 8.13. The van der Waals surface area contributed by atoms with Crippen LogP contribution in [0.15, 0.2) is 21.5 Å². The fraction of sp³-hybridized carbons (Fsp3) is 0.455. The maximum atomic E-state index is 12.6. The molecule has 0 amide bonds. The molecule has 0 aliphatic carbocycles. The molecular formula is C11H11BrCl3NO2S. The average molecular weight is 408 g/mol. The van der Waals surface area contributed by atoms with E-state index in [0.717, 1.165) is 12.8 Å². The first kappa shape index (κ1) is 15.9. The molecule has 1 unspecified atom stereocenters. The third-order valence-corrected chi connectivity index (χ3v) is 6.72. The molecule has 1 saturated heterocycles. The first-order chi connectivity index (χ1) is 8.87. The average Bonchev–Trinajstić information content (AvgIpc) is 2.75. The van der Waals surface area contributed by atoms with Gasteiger partial charge in [0.15, 0.2) is 0 Å². The number of benzene rings is 1. The highest BCUT2D eigenvalue weighted by molar-refractivity contribution is 9.10. The summed E-state index contributed by atoms with van der Waals surface area (Å²) in [6.07, 6.45) is 1.55. The van der Waals surface area contributed by atoms with Crippen LogP contribution >= 0.6 is 50.7 Å². The molecule has 0 spiro atoms. The molecule has 1 aliphatic rings. The summed E-state index contributed by atoms with van der Waals surface area (Å²) in [5.41, 5.74) is 0. The lowest BCUT2D eigenvalue weighted by Gasteiger charge is -2.23. The molecule has 2 rings (SSSR count). The van der Waals surface area contributed by atoms with Gasteiger partial charge in [0.05, 0.1) is 10.0 Å². The summed E-state index contributed by atoms with van der Waals surface area (Å²) >= 11 is 21.1. The van der Waals surface area contributed by atoms with Gasteiger partial charge in [-0.15, -0.1) is 11.6 Å². The van der Waals surface area contributed by atoms with Crippen molar-refractivity contribution in [3.05, 3.63) is 26.7 Å². The fourth-order valence-corrected chi connectivity index (χ4v) is 6.16. The molecule has 1 heterocycles. The molecule has 8 heteroatoms. The van der Waals surface area contributed by atoms with Crippen LogP contribution in [-0.2, 0) is 10.0 Å². The zero-order chi connectivity index (χ0) is 14.2. The van der Waals surface area contributed by atoms with Crippen molar-refractivity contribution in [1.82, 2.24) is 4.31 Å². The van der Waals surface area contributed by atoms with Crippen LogP contribution in [0.5, 0.6) is 0 Å². The predicted octanol–water partition coefficient (Wildman–Crippen LogP) is 4.15. The van der Waals surface area contributed by atoms with Crippen LogP contribution in [0.4, 0.5) is 0 Å². The second kappa shape index (κ2) is 6.08. The van der Waals surface area contributed by atoms with E-state index >= 15 is 0 Å². The van der Waals surface area contributed by atoms with Gasteiger partial charge in [-0.05, 0) is 25.0 Å². The minimum absolute atomic E-state index is 0.0453. The molecule has 0 aromatic heterocycles. The van der Waals surface area contributed by atoms with Gasteiger partial charge < -0.3 is 0 Å². The van der Waals surface area contributed by atoms with Crippen LogP contribution in [0.25, 0.3) is 0 Å². The quantitative estimate of drug-likeness (QED) is 0.706. The summed E-state index contributed by atoms with van der Waals surface area (Å²) in [5.74, 6) is 0.269. The molecule has 1 aromatic carbocycles. The van der Waals surface area contributed by atoms with E-state index in [9.17, 15) is 8.42 Å². The lowest BCUT2D eigenvalue weighted by molar-refractivity contribution is 0.411. The third-order valence-electron chi connectivity index (χ3n) is 3.03. The third kappa shape index (κ3) is 3.06. The molecule has 1 atom stereocenters. The largest absolute Gasteiger partial charge is 0.246 e. The minimum Gasteiger partial charge on any atom is -0.207 e. The molecular weight excluding hydrogens is 396 g/mol. The van der Waals surface area contributed by atoms with Gasteiger partial charge in [-0.2, -0.15) is 4.31 Å². The van der Waals surface area contributed by atoms with Crippen LogP contribution in [-0.4, -0.2) is 31.2 Å². The molecule has 0 bridgehead atoms. The number of hydrogen-bond donors (Lipinski definition) is 0. The van der Waals surface area contributed by atoms with Crippen molar-refractivity contribution in [2.75, 3.05) is 12.4 Å². The fourth-order valence-electron chi connectivity index (χ4n) is 2.17. The summed E-state index contributed by atoms with van der Waals surface area (Å²) < 4.78 is 27.3. The van der Waals surface area contributed by atoms with Crippen LogP contribution < -0.4 is 0 Å². The number of alkyl halides is 1. The number of halogens is 4. The van der Waals surface area contributed by atoms with E-state index in [1.807, 2.05) is 0 Å². The van der Waals surface area contributed by atoms with Gasteiger partial charge in [0, 0.05) is 22.9 Å². The Kier molecular flexibility index (Phi) is 5.07. The highest BCUT2D eigenvalue weighted by atomic mass is 79.9. The van der Waals surface area contributed by atoms with Gasteiger partial charge >= 0.3 is 0 Å². The molecule has 3 nitrogen and oxygen atoms in total. The summed E-state index contributed by atoms with van der Waals surface area (Å²) in [6.45, 7) is 0.447. The molecule has 1 aliphatic heterocycles. The Hall–Kier alpha value is 0.480. The summed E-state index contributed by atoms with van der Waals surface area (Å²) in [6, 6.07) is 2.85. The van der Waals surface area contributed by atoms with E-state index in [2.05, 4.69) is 15.9 Å². The van der Waals surface area contributed by atoms with Crippen LogP contribution in [0.3, 0.4) is 0 Å². The van der Waals surface area contributed by atoms with Gasteiger partial charge in [-0.1, -0.05) is 39.1 Å². The highest BCUT2D eigenvalue weighted by Gasteiger charge is 2.37. The predicted molar refractivity (Wildman–Crippen MR) is 81.8 cm³/mol. The molecule has 1 fully saturated rings. The van der Waals surface area contributed by atoms with Gasteiger partial charge in [-0.25, -0.2) is 8.42 Å². The van der Waals surface area contributed by atoms with Crippen molar-refractivity contribution < 1.29 is 8.42 Å². The zero-order valence-electron chi connectivity index (χ0n) is 9.74. The lowest BCUT2D eigenvalue weighted by Crippen LogP contribution is -2.36. The molecule has 0 saturated carbocycles. The summed E-state index contributed by atoms with van der Waals surface area (Å²) in [5, 5.41) is 0.221. The van der Waals surface area contributed by atoms with Gasteiger partial charge in [0.1, 0.15) is 4.90 Å². The van der Waals surface area contributed by atoms with Crippen molar-refractivity contribution in [3.63, 3.8) is 0 Å². The molecule has 0 N–H and O–H groups in total. The maximum Gasteiger partial charge on any atom is 0.246 e. The normalized spacial score (nSPS) is 20.9. The van der Waals surface area contributed by atoms with Crippen molar-refractivity contribution in [2.45, 2.75) is 23.8 Å². The number of sulfonamides is 1. The monoisotopic (exact) mass is 405 g/mol. The smallest absolute Gasteiger partial charge is 0.207 e. The Labute approximate surface area is 136 Å². The standard InChI is InChI=1S/C11H11BrCl3NO2S/c12-7-4-9(14)11(10(15)5-7)19(17,18)16-3-1-2-8(16)6-13/h4-5,8H,1-3,6H2. The molecule has 19 heavy (non-hydrogen) atoms. The van der Waals surface area contributed by atoms with E-state index in [4.69, 9.17) is 34.8 Å². The van der Waals surface area contributed by atoms with Crippen LogP contribution in [0.1, 0.15) is 12.8 Å². The van der Waals surface area contributed by atoms with Crippen molar-refractivity contribution in [2.24, 2.45) is 0 Å². The minimum atomic E-state index is -3.71. The highest BCUT2D eigenvalue weighted by Crippen LogP contribution is 2.37. The Morgan fingerprint density at radius 1 is 1.32 bits per heavy atom. The first-order valence-electron chi connectivity index (χ1n) is 5.60. The second-order valence-electron chi connectivity index (χ2n) is 4.26. The molecule has 0 radical (unpaired) electrons. The van der Waals surface area contributed by atoms with Crippen molar-refractivity contribution in [3.8, 4) is 0 Å². The van der Waals surface area contributed by atoms with Gasteiger partial charge in [-0.3, -0.25) is 0 Å². The van der Waals surface area contributed by atoms with E-state index in [-0.39, 0.29) is 26.9 Å². The number of rotatable bonds is 3. The Balaban J connectivity index is 2.51. The maximum absolute atomic E-state index is 12.6. The van der Waals surface area contributed by atoms with E-state index < -0.39 is 10.0 Å². The van der Waals surface area contributed by atoms with Crippen molar-refractivity contribution in [1.29, 1.82) is 0 Å². The summed E-state index contributed by atoms with van der Waals surface area (Å²) in [4.78, 5) is -0.0453. The lowest BCUT2D eigenvalue weighted by atomic mass is 10.3. The SMILES string of the molecule is O=S(=O)(c1c(Cl)cc(Br)cc1Cl)N1CCCC1CCl. The zero-order valence-corrected chi connectivity index (χ0v) is 14.4. The van der Waals surface area contributed by atoms with Gasteiger partial charge in [0.25, 0.3) is 0 Å². The Morgan fingerprint density at radius 2 is 1.89 bits per heavy atom. The Morgan fingerprint density at radius 3 is 2.42 bits per heavy atom. The van der Waals surface area contributed by atoms with Crippen LogP contribution in [0.2, 0.25) is 10.0 Å². The Bertz CT molecular complexity index is 571. The van der Waals surface area contributed by atoms with Crippen molar-refractivity contribution >= 4 is 60.8 Å². The summed E-state index contributed by atoms with van der Waals surface area (Å²) in [7, 11) is -3.71. The van der Waals surface area contributed by atoms with Gasteiger partial charge in [0.2, 0.25) is 10.0 Å². The van der Waals surface area contributed by atoms with E-state index in [1.165, 1.54) is 16.4 Å². The molecule has 106 valence electrons.